The molecule has 8 nitrogen and oxygen atoms in total. The van der Waals surface area contributed by atoms with Gasteiger partial charge in [-0.3, -0.25) is 10.1 Å². The number of oxime groups is 1. The van der Waals surface area contributed by atoms with Crippen LogP contribution in [0.2, 0.25) is 0 Å². The molecule has 1 amide bonds. The first-order valence-electron chi connectivity index (χ1n) is 5.64. The van der Waals surface area contributed by atoms with E-state index in [9.17, 15) is 14.4 Å². The zero-order chi connectivity index (χ0) is 19.4. The molecule has 1 aromatic rings. The van der Waals surface area contributed by atoms with Gasteiger partial charge in [-0.2, -0.15) is 0 Å². The van der Waals surface area contributed by atoms with Crippen molar-refractivity contribution in [2.75, 3.05) is 12.4 Å². The van der Waals surface area contributed by atoms with E-state index in [4.69, 9.17) is 69.6 Å². The van der Waals surface area contributed by atoms with E-state index < -0.39 is 31.1 Å². The Morgan fingerprint density at radius 2 is 1.76 bits per heavy atom. The number of hydrogen-bond acceptors (Lipinski definition) is 8. The summed E-state index contributed by atoms with van der Waals surface area (Å²) < 4.78 is -0.140. The van der Waals surface area contributed by atoms with Crippen LogP contribution in [0.15, 0.2) is 10.5 Å². The Morgan fingerprint density at radius 1 is 1.16 bits per heavy atom. The van der Waals surface area contributed by atoms with Crippen LogP contribution in [-0.2, 0) is 24.0 Å². The first kappa shape index (κ1) is 22.5. The largest absolute Gasteiger partial charge is 0.464 e. The molecule has 0 radical (unpaired) electrons. The number of thiazole rings is 1. The summed E-state index contributed by atoms with van der Waals surface area (Å²) in [4.78, 5) is 42.9. The minimum absolute atomic E-state index is 0.0318. The average molecular weight is 492 g/mol. The fourth-order valence-corrected chi connectivity index (χ4v) is 1.97. The number of alkyl halides is 6. The third kappa shape index (κ3) is 6.93. The maximum absolute atomic E-state index is 11.7. The standard InChI is InChI=1S/C10H5Cl6N3O5S/c1-23-5(20)4(19-24-7(22)10(14,15)16)3-2-25-8(17-3)18-6(21)9(11,12)13/h2H,1H3,(H,17,18,21). The van der Waals surface area contributed by atoms with E-state index >= 15 is 0 Å². The SMILES string of the molecule is COC(=O)C(=NOC(=O)C(Cl)(Cl)Cl)c1csc(NC(=O)C(Cl)(Cl)Cl)n1. The summed E-state index contributed by atoms with van der Waals surface area (Å²) in [6.07, 6.45) is 0. The van der Waals surface area contributed by atoms with E-state index in [1.807, 2.05) is 0 Å². The molecule has 0 saturated heterocycles. The number of anilines is 1. The molecular weight excluding hydrogens is 487 g/mol. The summed E-state index contributed by atoms with van der Waals surface area (Å²) in [5.41, 5.74) is -0.649. The van der Waals surface area contributed by atoms with E-state index in [0.29, 0.717) is 0 Å². The molecule has 0 unspecified atom stereocenters. The lowest BCUT2D eigenvalue weighted by Crippen LogP contribution is -2.27. The van der Waals surface area contributed by atoms with Crippen LogP contribution in [0.1, 0.15) is 5.69 Å². The van der Waals surface area contributed by atoms with E-state index in [0.717, 1.165) is 18.4 Å². The van der Waals surface area contributed by atoms with Crippen LogP contribution in [0.5, 0.6) is 0 Å². The Kier molecular flexibility index (Phi) is 8.00. The van der Waals surface area contributed by atoms with Crippen molar-refractivity contribution < 1.29 is 24.0 Å². The van der Waals surface area contributed by atoms with Crippen LogP contribution in [0.25, 0.3) is 0 Å². The van der Waals surface area contributed by atoms with Crippen molar-refractivity contribution in [1.29, 1.82) is 0 Å². The number of hydrogen-bond donors (Lipinski definition) is 1. The van der Waals surface area contributed by atoms with Crippen LogP contribution in [0.3, 0.4) is 0 Å². The minimum Gasteiger partial charge on any atom is -0.464 e. The van der Waals surface area contributed by atoms with Gasteiger partial charge in [-0.15, -0.1) is 11.3 Å². The molecule has 0 bridgehead atoms. The van der Waals surface area contributed by atoms with Crippen molar-refractivity contribution in [2.45, 2.75) is 7.59 Å². The highest BCUT2D eigenvalue weighted by atomic mass is 35.6. The van der Waals surface area contributed by atoms with Crippen LogP contribution in [0.4, 0.5) is 5.13 Å². The predicted octanol–water partition coefficient (Wildman–Crippen LogP) is 3.24. The third-order valence-corrected chi connectivity index (χ3v) is 3.79. The van der Waals surface area contributed by atoms with Crippen molar-refractivity contribution in [3.05, 3.63) is 11.1 Å². The molecule has 138 valence electrons. The van der Waals surface area contributed by atoms with Gasteiger partial charge in [0.05, 0.1) is 7.11 Å². The highest BCUT2D eigenvalue weighted by molar-refractivity contribution is 7.14. The van der Waals surface area contributed by atoms with Gasteiger partial charge < -0.3 is 9.57 Å². The number of ether oxygens (including phenoxy) is 1. The molecule has 0 aliphatic carbocycles. The zero-order valence-corrected chi connectivity index (χ0v) is 17.0. The summed E-state index contributed by atoms with van der Waals surface area (Å²) in [5, 5.41) is 6.72. The van der Waals surface area contributed by atoms with Crippen molar-refractivity contribution in [3.8, 4) is 0 Å². The predicted molar refractivity (Wildman–Crippen MR) is 96.0 cm³/mol. The molecule has 0 aliphatic heterocycles. The topological polar surface area (TPSA) is 107 Å². The van der Waals surface area contributed by atoms with Crippen LogP contribution >= 0.6 is 80.9 Å². The van der Waals surface area contributed by atoms with Gasteiger partial charge in [-0.1, -0.05) is 74.8 Å². The molecule has 0 aliphatic rings. The second-order valence-electron chi connectivity index (χ2n) is 3.80. The highest BCUT2D eigenvalue weighted by Gasteiger charge is 2.34. The lowest BCUT2D eigenvalue weighted by atomic mass is 10.3. The van der Waals surface area contributed by atoms with Crippen molar-refractivity contribution in [3.63, 3.8) is 0 Å². The molecule has 0 spiro atoms. The number of carbonyl (C=O) groups is 3. The lowest BCUT2D eigenvalue weighted by molar-refractivity contribution is -0.142. The number of halogens is 6. The van der Waals surface area contributed by atoms with Gasteiger partial charge in [-0.25, -0.2) is 14.6 Å². The fourth-order valence-electron chi connectivity index (χ4n) is 1.03. The zero-order valence-electron chi connectivity index (χ0n) is 11.7. The van der Waals surface area contributed by atoms with Crippen molar-refractivity contribution in [1.82, 2.24) is 4.98 Å². The highest BCUT2D eigenvalue weighted by Crippen LogP contribution is 2.29. The summed E-state index contributed by atoms with van der Waals surface area (Å²) >= 11 is 33.0. The fraction of sp³-hybridized carbons (Fsp3) is 0.300. The Balaban J connectivity index is 3.04. The van der Waals surface area contributed by atoms with Crippen LogP contribution < -0.4 is 5.32 Å². The van der Waals surface area contributed by atoms with Gasteiger partial charge in [0.1, 0.15) is 5.69 Å². The first-order valence-corrected chi connectivity index (χ1v) is 8.79. The van der Waals surface area contributed by atoms with E-state index in [-0.39, 0.29) is 10.8 Å². The molecule has 0 saturated carbocycles. The third-order valence-electron chi connectivity index (χ3n) is 2.05. The Morgan fingerprint density at radius 3 is 2.24 bits per heavy atom. The number of methoxy groups -OCH3 is 1. The van der Waals surface area contributed by atoms with E-state index in [2.05, 4.69) is 25.0 Å². The van der Waals surface area contributed by atoms with Gasteiger partial charge in [0.15, 0.2) is 5.13 Å². The number of aromatic nitrogens is 1. The number of nitrogens with zero attached hydrogens (tertiary/aromatic N) is 2. The van der Waals surface area contributed by atoms with Crippen molar-refractivity contribution in [2.24, 2.45) is 5.16 Å². The van der Waals surface area contributed by atoms with Crippen molar-refractivity contribution >= 4 is 110 Å². The summed E-state index contributed by atoms with van der Waals surface area (Å²) in [6.45, 7) is 0. The summed E-state index contributed by atoms with van der Waals surface area (Å²) in [5.74, 6) is -3.35. The molecule has 15 heteroatoms. The Hall–Kier alpha value is -0.550. The Labute approximate surface area is 174 Å². The van der Waals surface area contributed by atoms with E-state index in [1.165, 1.54) is 5.38 Å². The molecular formula is C10H5Cl6N3O5S. The molecule has 25 heavy (non-hydrogen) atoms. The first-order chi connectivity index (χ1) is 11.4. The normalized spacial score (nSPS) is 12.5. The molecule has 0 atom stereocenters. The number of nitrogens with one attached hydrogen (secondary N) is 1. The smallest absolute Gasteiger partial charge is 0.386 e. The molecule has 1 heterocycles. The number of carbonyl (C=O) groups excluding carboxylic acids is 3. The summed E-state index contributed by atoms with van der Waals surface area (Å²) in [7, 11) is 1.05. The Bertz CT molecular complexity index is 711. The monoisotopic (exact) mass is 489 g/mol. The minimum atomic E-state index is -2.41. The number of amides is 1. The van der Waals surface area contributed by atoms with E-state index in [1.54, 1.807) is 0 Å². The average Bonchev–Trinajstić information content (AvgIpc) is 2.93. The molecule has 0 fully saturated rings. The molecule has 1 rings (SSSR count). The summed E-state index contributed by atoms with van der Waals surface area (Å²) in [6, 6.07) is 0. The molecule has 0 aromatic carbocycles. The molecule has 1 aromatic heterocycles. The van der Waals surface area contributed by atoms with Crippen LogP contribution in [0, 0.1) is 0 Å². The molecule has 1 N–H and O–H groups in total. The maximum atomic E-state index is 11.7. The van der Waals surface area contributed by atoms with Crippen LogP contribution in [-0.4, -0.2) is 43.2 Å². The quantitative estimate of drug-likeness (QED) is 0.228. The number of esters is 1. The van der Waals surface area contributed by atoms with Gasteiger partial charge in [0.25, 0.3) is 13.5 Å². The lowest BCUT2D eigenvalue weighted by Gasteiger charge is -2.08. The second-order valence-corrected chi connectivity index (χ2v) is 9.22. The number of rotatable bonds is 4. The van der Waals surface area contributed by atoms with Gasteiger partial charge >= 0.3 is 11.9 Å². The van der Waals surface area contributed by atoms with Gasteiger partial charge in [-0.05, 0) is 0 Å². The van der Waals surface area contributed by atoms with Gasteiger partial charge in [0.2, 0.25) is 5.71 Å². The maximum Gasteiger partial charge on any atom is 0.386 e. The second kappa shape index (κ2) is 8.90. The van der Waals surface area contributed by atoms with Gasteiger partial charge in [0, 0.05) is 5.38 Å².